The topological polar surface area (TPSA) is 66.6 Å². The zero-order chi connectivity index (χ0) is 14.5. The lowest BCUT2D eigenvalue weighted by Crippen LogP contribution is -2.41. The molecular weight excluding hydrogens is 310 g/mol. The van der Waals surface area contributed by atoms with Gasteiger partial charge in [0, 0.05) is 44.0 Å². The zero-order valence-corrected chi connectivity index (χ0v) is 13.8. The summed E-state index contributed by atoms with van der Waals surface area (Å²) in [5.74, 6) is 0.0129. The minimum atomic E-state index is -0.144. The summed E-state index contributed by atoms with van der Waals surface area (Å²) in [6.07, 6.45) is 0.818. The molecule has 118 valence electrons. The third kappa shape index (κ3) is 4.43. The van der Waals surface area contributed by atoms with E-state index in [0.717, 1.165) is 12.0 Å². The van der Waals surface area contributed by atoms with Gasteiger partial charge in [-0.1, -0.05) is 6.92 Å². The highest BCUT2D eigenvalue weighted by Gasteiger charge is 2.24. The van der Waals surface area contributed by atoms with E-state index in [-0.39, 0.29) is 30.1 Å². The Morgan fingerprint density at radius 2 is 1.95 bits per heavy atom. The molecule has 1 atom stereocenters. The summed E-state index contributed by atoms with van der Waals surface area (Å²) >= 11 is 1.52. The van der Waals surface area contributed by atoms with Gasteiger partial charge in [0.25, 0.3) is 5.91 Å². The highest BCUT2D eigenvalue weighted by atomic mass is 35.5. The number of nitrogens with zero attached hydrogens (tertiary/aromatic N) is 2. The molecule has 0 aromatic carbocycles. The summed E-state index contributed by atoms with van der Waals surface area (Å²) in [5.41, 5.74) is 6.29. The van der Waals surface area contributed by atoms with Crippen LogP contribution in [-0.2, 0) is 4.79 Å². The van der Waals surface area contributed by atoms with Gasteiger partial charge in [-0.25, -0.2) is 0 Å². The number of rotatable bonds is 3. The number of hydrogen-bond donors (Lipinski definition) is 1. The minimum absolute atomic E-state index is 0. The van der Waals surface area contributed by atoms with Crippen molar-refractivity contribution in [3.63, 3.8) is 0 Å². The van der Waals surface area contributed by atoms with E-state index in [1.54, 1.807) is 0 Å². The van der Waals surface area contributed by atoms with Gasteiger partial charge < -0.3 is 15.5 Å². The average Bonchev–Trinajstić information content (AvgIpc) is 2.89. The molecule has 2 heterocycles. The van der Waals surface area contributed by atoms with Gasteiger partial charge in [0.15, 0.2) is 0 Å². The molecule has 1 aromatic rings. The summed E-state index contributed by atoms with van der Waals surface area (Å²) in [6.45, 7) is 4.82. The van der Waals surface area contributed by atoms with Crippen LogP contribution in [-0.4, -0.2) is 54.3 Å². The van der Waals surface area contributed by atoms with E-state index in [4.69, 9.17) is 5.73 Å². The Labute approximate surface area is 135 Å². The minimum Gasteiger partial charge on any atom is -0.341 e. The van der Waals surface area contributed by atoms with Crippen LogP contribution < -0.4 is 5.73 Å². The Kier molecular flexibility index (Phi) is 7.14. The zero-order valence-electron chi connectivity index (χ0n) is 12.2. The molecular formula is C14H22ClN3O2S. The van der Waals surface area contributed by atoms with Gasteiger partial charge in [0.05, 0.1) is 5.56 Å². The normalized spacial score (nSPS) is 16.9. The Bertz CT molecular complexity index is 467. The van der Waals surface area contributed by atoms with Crippen molar-refractivity contribution in [2.24, 2.45) is 11.7 Å². The number of thiophene rings is 1. The number of carbonyl (C=O) groups excluding carboxylic acids is 2. The lowest BCUT2D eigenvalue weighted by atomic mass is 10.1. The first-order valence-corrected chi connectivity index (χ1v) is 7.88. The third-order valence-corrected chi connectivity index (χ3v) is 4.32. The highest BCUT2D eigenvalue weighted by Crippen LogP contribution is 2.13. The number of halogens is 1. The van der Waals surface area contributed by atoms with Crippen LogP contribution in [0.4, 0.5) is 0 Å². The number of amides is 2. The Morgan fingerprint density at radius 1 is 1.29 bits per heavy atom. The van der Waals surface area contributed by atoms with Crippen molar-refractivity contribution in [2.45, 2.75) is 13.3 Å². The third-order valence-electron chi connectivity index (χ3n) is 3.64. The van der Waals surface area contributed by atoms with Gasteiger partial charge >= 0.3 is 0 Å². The average molecular weight is 332 g/mol. The van der Waals surface area contributed by atoms with Crippen molar-refractivity contribution < 1.29 is 9.59 Å². The molecule has 0 bridgehead atoms. The molecule has 5 nitrogen and oxygen atoms in total. The first-order valence-electron chi connectivity index (χ1n) is 6.93. The molecule has 1 saturated heterocycles. The molecule has 1 fully saturated rings. The lowest BCUT2D eigenvalue weighted by molar-refractivity contribution is -0.134. The van der Waals surface area contributed by atoms with E-state index in [2.05, 4.69) is 0 Å². The molecule has 1 aliphatic rings. The number of nitrogens with two attached hydrogens (primary N) is 1. The van der Waals surface area contributed by atoms with Gasteiger partial charge in [-0.15, -0.1) is 12.4 Å². The second-order valence-electron chi connectivity index (χ2n) is 5.12. The second-order valence-corrected chi connectivity index (χ2v) is 5.90. The first-order chi connectivity index (χ1) is 9.63. The van der Waals surface area contributed by atoms with Crippen molar-refractivity contribution in [3.05, 3.63) is 22.4 Å². The van der Waals surface area contributed by atoms with Gasteiger partial charge in [0.1, 0.15) is 0 Å². The molecule has 0 saturated carbocycles. The van der Waals surface area contributed by atoms with E-state index in [0.29, 0.717) is 32.7 Å². The van der Waals surface area contributed by atoms with Crippen molar-refractivity contribution >= 4 is 35.6 Å². The SMILES string of the molecule is CC(CN)C(=O)N1CCCN(C(=O)c2ccsc2)CC1.Cl. The van der Waals surface area contributed by atoms with Crippen LogP contribution in [0, 0.1) is 5.92 Å². The summed E-state index contributed by atoms with van der Waals surface area (Å²) in [4.78, 5) is 28.1. The molecule has 0 spiro atoms. The Balaban J connectivity index is 0.00000220. The predicted molar refractivity (Wildman–Crippen MR) is 86.9 cm³/mol. The van der Waals surface area contributed by atoms with E-state index >= 15 is 0 Å². The number of hydrogen-bond acceptors (Lipinski definition) is 4. The lowest BCUT2D eigenvalue weighted by Gasteiger charge is -2.24. The summed E-state index contributed by atoms with van der Waals surface area (Å²) in [6, 6.07) is 1.84. The quantitative estimate of drug-likeness (QED) is 0.911. The monoisotopic (exact) mass is 331 g/mol. The van der Waals surface area contributed by atoms with E-state index in [9.17, 15) is 9.59 Å². The van der Waals surface area contributed by atoms with Crippen LogP contribution in [0.5, 0.6) is 0 Å². The molecule has 1 unspecified atom stereocenters. The molecule has 2 N–H and O–H groups in total. The van der Waals surface area contributed by atoms with Crippen LogP contribution in [0.15, 0.2) is 16.8 Å². The summed E-state index contributed by atoms with van der Waals surface area (Å²) in [7, 11) is 0. The first kappa shape index (κ1) is 17.9. The van der Waals surface area contributed by atoms with Crippen molar-refractivity contribution in [1.29, 1.82) is 0 Å². The van der Waals surface area contributed by atoms with Gasteiger partial charge in [0.2, 0.25) is 5.91 Å². The van der Waals surface area contributed by atoms with E-state index in [1.807, 2.05) is 33.6 Å². The number of carbonyl (C=O) groups is 2. The molecule has 1 aromatic heterocycles. The molecule has 7 heteroatoms. The van der Waals surface area contributed by atoms with Crippen LogP contribution in [0.3, 0.4) is 0 Å². The molecule has 21 heavy (non-hydrogen) atoms. The van der Waals surface area contributed by atoms with Crippen molar-refractivity contribution in [2.75, 3.05) is 32.7 Å². The van der Waals surface area contributed by atoms with Gasteiger partial charge in [-0.2, -0.15) is 11.3 Å². The maximum absolute atomic E-state index is 12.3. The standard InChI is InChI=1S/C14H21N3O2S.ClH/c1-11(9-15)13(18)16-4-2-5-17(7-6-16)14(19)12-3-8-20-10-12;/h3,8,10-11H,2,4-7,9,15H2,1H3;1H. The largest absolute Gasteiger partial charge is 0.341 e. The van der Waals surface area contributed by atoms with Crippen LogP contribution in [0.2, 0.25) is 0 Å². The van der Waals surface area contributed by atoms with Crippen molar-refractivity contribution in [3.8, 4) is 0 Å². The van der Waals surface area contributed by atoms with Crippen LogP contribution >= 0.6 is 23.7 Å². The van der Waals surface area contributed by atoms with Gasteiger partial charge in [-0.3, -0.25) is 9.59 Å². The molecule has 2 rings (SSSR count). The predicted octanol–water partition coefficient (Wildman–Crippen LogP) is 1.44. The van der Waals surface area contributed by atoms with E-state index < -0.39 is 0 Å². The van der Waals surface area contributed by atoms with Crippen LogP contribution in [0.1, 0.15) is 23.7 Å². The Morgan fingerprint density at radius 3 is 2.57 bits per heavy atom. The maximum atomic E-state index is 12.3. The van der Waals surface area contributed by atoms with Crippen molar-refractivity contribution in [1.82, 2.24) is 9.80 Å². The maximum Gasteiger partial charge on any atom is 0.254 e. The fraction of sp³-hybridized carbons (Fsp3) is 0.571. The van der Waals surface area contributed by atoms with Gasteiger partial charge in [-0.05, 0) is 17.9 Å². The fourth-order valence-corrected chi connectivity index (χ4v) is 2.95. The Hall–Kier alpha value is -1.11. The molecule has 1 aliphatic heterocycles. The smallest absolute Gasteiger partial charge is 0.254 e. The molecule has 2 amide bonds. The highest BCUT2D eigenvalue weighted by molar-refractivity contribution is 7.08. The van der Waals surface area contributed by atoms with Crippen LogP contribution in [0.25, 0.3) is 0 Å². The summed E-state index contributed by atoms with van der Waals surface area (Å²) in [5, 5.41) is 3.77. The fourth-order valence-electron chi connectivity index (χ4n) is 2.32. The molecule has 0 radical (unpaired) electrons. The van der Waals surface area contributed by atoms with E-state index in [1.165, 1.54) is 11.3 Å². The second kappa shape index (κ2) is 8.36. The summed E-state index contributed by atoms with van der Waals surface area (Å²) < 4.78 is 0. The molecule has 0 aliphatic carbocycles.